The number of nitrogens with one attached hydrogen (secondary N) is 5. The van der Waals surface area contributed by atoms with Gasteiger partial charge in [0.1, 0.15) is 23.2 Å². The minimum Gasteiger partial charge on any atom is -0.508 e. The number of aromatic hydroxyl groups is 3. The maximum absolute atomic E-state index is 13.1. The Balaban J connectivity index is 1.15. The number of anilines is 4. The first-order valence-corrected chi connectivity index (χ1v) is 17.7. The Labute approximate surface area is 341 Å². The standard InChI is InChI=1S/C42H38N6O12/c1-21(19-23-5-12-27(49)13-6-23)37(52)48-32-18-9-25(20-43-32)40(55)44-22(2)38(53)45-26-10-7-24(8-11-26)39(54)46-30-16-14-28(33(50)35(30)59-3)41(56)47-31-17-15-29(42(57)58)34(51)36(31)60-4/h5-20,22,49-51H,1-4H3,(H,44,55)(H,45,53)(H,46,54)(H,47,56)(H,57,58)(H,43,48,52)/b21-19+/t22-/m0/s1. The molecule has 0 aliphatic carbocycles. The van der Waals surface area contributed by atoms with E-state index in [2.05, 4.69) is 31.6 Å². The number of hydrogen-bond acceptors (Lipinski definition) is 12. The number of rotatable bonds is 14. The number of amides is 5. The zero-order valence-electron chi connectivity index (χ0n) is 32.3. The molecule has 0 unspecified atom stereocenters. The van der Waals surface area contributed by atoms with E-state index >= 15 is 0 Å². The summed E-state index contributed by atoms with van der Waals surface area (Å²) < 4.78 is 10.3. The summed E-state index contributed by atoms with van der Waals surface area (Å²) in [5, 5.41) is 52.7. The van der Waals surface area contributed by atoms with E-state index in [0.717, 1.165) is 13.2 Å². The highest BCUT2D eigenvalue weighted by Gasteiger charge is 2.24. The van der Waals surface area contributed by atoms with E-state index in [4.69, 9.17) is 9.47 Å². The van der Waals surface area contributed by atoms with Crippen LogP contribution in [0.2, 0.25) is 0 Å². The lowest BCUT2D eigenvalue weighted by Crippen LogP contribution is -2.41. The Hall–Kier alpha value is -8.41. The van der Waals surface area contributed by atoms with E-state index in [0.29, 0.717) is 16.8 Å². The van der Waals surface area contributed by atoms with Crippen LogP contribution in [0.1, 0.15) is 60.8 Å². The Kier molecular flexibility index (Phi) is 13.3. The van der Waals surface area contributed by atoms with Gasteiger partial charge in [0.25, 0.3) is 23.6 Å². The average molecular weight is 819 g/mol. The molecular weight excluding hydrogens is 780 g/mol. The molecule has 0 spiro atoms. The molecule has 9 N–H and O–H groups in total. The number of nitrogens with zero attached hydrogens (tertiary/aromatic N) is 1. The number of carboxylic acids is 1. The highest BCUT2D eigenvalue weighted by molar-refractivity contribution is 6.10. The molecule has 0 aliphatic rings. The maximum atomic E-state index is 13.1. The third-order valence-corrected chi connectivity index (χ3v) is 8.70. The van der Waals surface area contributed by atoms with Crippen LogP contribution in [0.25, 0.3) is 6.08 Å². The third-order valence-electron chi connectivity index (χ3n) is 8.70. The van der Waals surface area contributed by atoms with Gasteiger partial charge in [-0.2, -0.15) is 0 Å². The summed E-state index contributed by atoms with van der Waals surface area (Å²) >= 11 is 0. The van der Waals surface area contributed by atoms with Gasteiger partial charge in [0.05, 0.1) is 36.7 Å². The normalized spacial score (nSPS) is 11.4. The highest BCUT2D eigenvalue weighted by Crippen LogP contribution is 2.40. The Morgan fingerprint density at radius 2 is 1.22 bits per heavy atom. The SMILES string of the molecule is COc1c(NC(=O)c2ccc(NC(=O)c3ccc(NC(=O)[C@H](C)NC(=O)c4ccc(NC(=O)/C(C)=C/c5ccc(O)cc5)nc4)cc3)c(OC)c2O)ccc(C(=O)O)c1O. The van der Waals surface area contributed by atoms with Crippen molar-refractivity contribution in [1.29, 1.82) is 0 Å². The summed E-state index contributed by atoms with van der Waals surface area (Å²) in [5.74, 6) is -6.14. The number of hydrogen-bond donors (Lipinski definition) is 9. The molecule has 18 heteroatoms. The smallest absolute Gasteiger partial charge is 0.339 e. The number of phenols is 3. The molecular formula is C42H38N6O12. The lowest BCUT2D eigenvalue weighted by Gasteiger charge is -2.16. The van der Waals surface area contributed by atoms with Crippen LogP contribution in [0.3, 0.4) is 0 Å². The number of methoxy groups -OCH3 is 2. The maximum Gasteiger partial charge on any atom is 0.339 e. The minimum absolute atomic E-state index is 0.00310. The van der Waals surface area contributed by atoms with Crippen LogP contribution in [0.15, 0.2) is 96.7 Å². The molecule has 5 rings (SSSR count). The summed E-state index contributed by atoms with van der Waals surface area (Å²) in [6.45, 7) is 3.09. The van der Waals surface area contributed by atoms with Crippen molar-refractivity contribution in [2.45, 2.75) is 19.9 Å². The Bertz CT molecular complexity index is 2500. The zero-order chi connectivity index (χ0) is 43.7. The van der Waals surface area contributed by atoms with E-state index in [1.165, 1.54) is 87.0 Å². The second-order valence-corrected chi connectivity index (χ2v) is 12.9. The van der Waals surface area contributed by atoms with E-state index in [1.807, 2.05) is 0 Å². The number of aromatic nitrogens is 1. The van der Waals surface area contributed by atoms with Gasteiger partial charge in [0, 0.05) is 23.0 Å². The van der Waals surface area contributed by atoms with Crippen LogP contribution in [0.5, 0.6) is 28.7 Å². The first kappa shape index (κ1) is 42.7. The van der Waals surface area contributed by atoms with Crippen molar-refractivity contribution < 1.29 is 58.7 Å². The number of carbonyl (C=O) groups is 6. The second-order valence-electron chi connectivity index (χ2n) is 12.9. The topological polar surface area (TPSA) is 275 Å². The van der Waals surface area contributed by atoms with Crippen molar-refractivity contribution in [3.05, 3.63) is 125 Å². The molecule has 0 saturated carbocycles. The Morgan fingerprint density at radius 3 is 1.78 bits per heavy atom. The van der Waals surface area contributed by atoms with E-state index < -0.39 is 58.6 Å². The molecule has 18 nitrogen and oxygen atoms in total. The molecule has 1 aromatic heterocycles. The lowest BCUT2D eigenvalue weighted by atomic mass is 10.1. The first-order valence-electron chi connectivity index (χ1n) is 17.7. The van der Waals surface area contributed by atoms with Gasteiger partial charge in [-0.05, 0) is 98.3 Å². The fourth-order valence-corrected chi connectivity index (χ4v) is 5.50. The van der Waals surface area contributed by atoms with Crippen molar-refractivity contribution in [2.24, 2.45) is 0 Å². The van der Waals surface area contributed by atoms with E-state index in [-0.39, 0.29) is 51.1 Å². The molecule has 308 valence electrons. The van der Waals surface area contributed by atoms with Crippen LogP contribution in [-0.4, -0.2) is 81.2 Å². The molecule has 0 fully saturated rings. The number of benzene rings is 4. The molecule has 60 heavy (non-hydrogen) atoms. The molecule has 0 saturated heterocycles. The third kappa shape index (κ3) is 10.1. The number of carbonyl (C=O) groups excluding carboxylic acids is 5. The van der Waals surface area contributed by atoms with Gasteiger partial charge < -0.3 is 56.5 Å². The molecule has 4 aromatic carbocycles. The number of carboxylic acid groups (broad SMARTS) is 1. The van der Waals surface area contributed by atoms with Gasteiger partial charge in [-0.25, -0.2) is 9.78 Å². The zero-order valence-corrected chi connectivity index (χ0v) is 32.3. The molecule has 0 aliphatic heterocycles. The molecule has 1 atom stereocenters. The molecule has 5 amide bonds. The number of aromatic carboxylic acids is 1. The predicted octanol–water partition coefficient (Wildman–Crippen LogP) is 5.22. The summed E-state index contributed by atoms with van der Waals surface area (Å²) in [5.41, 5.74) is 0.852. The average Bonchev–Trinajstić information content (AvgIpc) is 3.22. The quantitative estimate of drug-likeness (QED) is 0.0652. The van der Waals surface area contributed by atoms with Gasteiger partial charge in [-0.15, -0.1) is 0 Å². The summed E-state index contributed by atoms with van der Waals surface area (Å²) in [6.07, 6.45) is 2.88. The molecule has 0 radical (unpaired) electrons. The highest BCUT2D eigenvalue weighted by atomic mass is 16.5. The second kappa shape index (κ2) is 18.7. The largest absolute Gasteiger partial charge is 0.508 e. The van der Waals surface area contributed by atoms with Crippen LogP contribution < -0.4 is 36.1 Å². The van der Waals surface area contributed by atoms with Gasteiger partial charge in [0.2, 0.25) is 5.91 Å². The van der Waals surface area contributed by atoms with Gasteiger partial charge in [-0.1, -0.05) is 12.1 Å². The molecule has 1 heterocycles. The van der Waals surface area contributed by atoms with Crippen LogP contribution >= 0.6 is 0 Å². The minimum atomic E-state index is -1.42. The monoisotopic (exact) mass is 818 g/mol. The number of ether oxygens (including phenoxy) is 2. The van der Waals surface area contributed by atoms with Gasteiger partial charge in [-0.3, -0.25) is 24.0 Å². The fraction of sp³-hybridized carbons (Fsp3) is 0.119. The molecule has 5 aromatic rings. The Morgan fingerprint density at radius 1 is 0.650 bits per heavy atom. The molecule has 0 bridgehead atoms. The predicted molar refractivity (Wildman–Crippen MR) is 219 cm³/mol. The van der Waals surface area contributed by atoms with Gasteiger partial charge in [0.15, 0.2) is 23.0 Å². The fourth-order valence-electron chi connectivity index (χ4n) is 5.50. The number of pyridine rings is 1. The van der Waals surface area contributed by atoms with Crippen molar-refractivity contribution in [3.8, 4) is 28.7 Å². The van der Waals surface area contributed by atoms with Crippen LogP contribution in [0.4, 0.5) is 22.9 Å². The van der Waals surface area contributed by atoms with Crippen LogP contribution in [-0.2, 0) is 9.59 Å². The van der Waals surface area contributed by atoms with E-state index in [9.17, 15) is 49.2 Å². The van der Waals surface area contributed by atoms with Crippen molar-refractivity contribution in [1.82, 2.24) is 10.3 Å². The van der Waals surface area contributed by atoms with Crippen molar-refractivity contribution >= 4 is 64.5 Å². The summed E-state index contributed by atoms with van der Waals surface area (Å²) in [6, 6.07) is 18.7. The van der Waals surface area contributed by atoms with Gasteiger partial charge >= 0.3 is 5.97 Å². The lowest BCUT2D eigenvalue weighted by molar-refractivity contribution is -0.117. The summed E-state index contributed by atoms with van der Waals surface area (Å²) in [7, 11) is 2.37. The van der Waals surface area contributed by atoms with E-state index in [1.54, 1.807) is 25.1 Å². The van der Waals surface area contributed by atoms with Crippen molar-refractivity contribution in [3.63, 3.8) is 0 Å². The summed E-state index contributed by atoms with van der Waals surface area (Å²) in [4.78, 5) is 80.0. The number of phenolic OH excluding ortho intramolecular Hbond substituents is 2. The van der Waals surface area contributed by atoms with Crippen molar-refractivity contribution in [2.75, 3.05) is 35.5 Å². The van der Waals surface area contributed by atoms with Crippen LogP contribution in [0, 0.1) is 0 Å². The first-order chi connectivity index (χ1) is 28.6.